The average molecular weight is 442 g/mol. The largest absolute Gasteiger partial charge is 0.340 e. The number of hydrogen-bond donors (Lipinski definition) is 1. The van der Waals surface area contributed by atoms with Gasteiger partial charge in [-0.2, -0.15) is 10.1 Å². The molecule has 1 fully saturated rings. The van der Waals surface area contributed by atoms with E-state index in [1.165, 1.54) is 6.33 Å². The summed E-state index contributed by atoms with van der Waals surface area (Å²) in [5.74, 6) is 1.26. The fourth-order valence-corrected chi connectivity index (χ4v) is 3.78. The molecule has 0 aromatic carbocycles. The first-order chi connectivity index (χ1) is 15.1. The van der Waals surface area contributed by atoms with Crippen molar-refractivity contribution in [1.82, 2.24) is 44.5 Å². The van der Waals surface area contributed by atoms with Crippen LogP contribution in [0.15, 0.2) is 35.4 Å². The van der Waals surface area contributed by atoms with Gasteiger partial charge < -0.3 is 13.8 Å². The molecule has 1 aliphatic heterocycles. The molecule has 0 saturated carbocycles. The summed E-state index contributed by atoms with van der Waals surface area (Å²) in [6, 6.07) is 3.74. The van der Waals surface area contributed by atoms with Crippen molar-refractivity contribution in [3.05, 3.63) is 47.5 Å². The summed E-state index contributed by atoms with van der Waals surface area (Å²) < 4.78 is 7.13. The van der Waals surface area contributed by atoms with E-state index in [0.29, 0.717) is 48.5 Å². The Morgan fingerprint density at radius 2 is 2.03 bits per heavy atom. The minimum absolute atomic E-state index is 0.0847. The number of rotatable bonds is 6. The molecule has 0 bridgehead atoms. The topological polar surface area (TPSA) is 121 Å². The molecule has 1 aliphatic rings. The van der Waals surface area contributed by atoms with Gasteiger partial charge in [-0.3, -0.25) is 14.8 Å². The quantitative estimate of drug-likeness (QED) is 0.477. The number of nitrogens with one attached hydrogen (secondary N) is 1. The van der Waals surface area contributed by atoms with Crippen LogP contribution in [0.25, 0.3) is 17.3 Å². The number of halogens is 1. The van der Waals surface area contributed by atoms with Crippen LogP contribution in [0.2, 0.25) is 5.02 Å². The summed E-state index contributed by atoms with van der Waals surface area (Å²) in [6.07, 6.45) is 5.94. The smallest absolute Gasteiger partial charge is 0.239 e. The molecule has 5 heterocycles. The fraction of sp³-hybridized carbons (Fsp3) is 0.368. The van der Waals surface area contributed by atoms with Crippen molar-refractivity contribution < 1.29 is 9.32 Å². The molecule has 4 aromatic heterocycles. The zero-order valence-electron chi connectivity index (χ0n) is 16.6. The van der Waals surface area contributed by atoms with Crippen LogP contribution in [0.4, 0.5) is 0 Å². The Balaban J connectivity index is 1.10. The second-order valence-electron chi connectivity index (χ2n) is 7.35. The standard InChI is InChI=1S/C19H20ClN9O2/c20-13-1-2-15-23-14(11-29(15)9-13)10-27-5-7-28(8-6-27)17(30)4-3-16-24-19(26-31-16)18-21-12-22-25-18/h1-2,9,11-12H,3-8,10H2,(H,21,22,25). The van der Waals surface area contributed by atoms with Crippen LogP contribution in [0.3, 0.4) is 0 Å². The third-order valence-corrected chi connectivity index (χ3v) is 5.45. The number of carbonyl (C=O) groups is 1. The number of H-pyrrole nitrogens is 1. The zero-order valence-corrected chi connectivity index (χ0v) is 17.4. The Morgan fingerprint density at radius 3 is 2.84 bits per heavy atom. The molecule has 0 atom stereocenters. The predicted octanol–water partition coefficient (Wildman–Crippen LogP) is 1.43. The summed E-state index contributed by atoms with van der Waals surface area (Å²) in [6.45, 7) is 3.72. The number of hydrogen-bond acceptors (Lipinski definition) is 8. The molecule has 11 nitrogen and oxygen atoms in total. The van der Waals surface area contributed by atoms with E-state index in [-0.39, 0.29) is 5.91 Å². The van der Waals surface area contributed by atoms with Crippen LogP contribution in [-0.4, -0.2) is 76.6 Å². The number of amides is 1. The maximum Gasteiger partial charge on any atom is 0.239 e. The van der Waals surface area contributed by atoms with Gasteiger partial charge in [0.25, 0.3) is 0 Å². The normalized spacial score (nSPS) is 15.1. The van der Waals surface area contributed by atoms with Crippen molar-refractivity contribution >= 4 is 23.2 Å². The maximum absolute atomic E-state index is 12.6. The van der Waals surface area contributed by atoms with E-state index in [1.807, 2.05) is 33.8 Å². The number of aryl methyl sites for hydroxylation is 1. The highest BCUT2D eigenvalue weighted by Gasteiger charge is 2.22. The minimum atomic E-state index is 0.0847. The number of carbonyl (C=O) groups excluding carboxylic acids is 1. The average Bonchev–Trinajstić information content (AvgIpc) is 3.52. The van der Waals surface area contributed by atoms with Gasteiger partial charge in [-0.05, 0) is 12.1 Å². The number of pyridine rings is 1. The number of fused-ring (bicyclic) bond motifs is 1. The lowest BCUT2D eigenvalue weighted by atomic mass is 10.2. The summed E-state index contributed by atoms with van der Waals surface area (Å²) in [5, 5.41) is 11.0. The van der Waals surface area contributed by atoms with Gasteiger partial charge in [-0.15, -0.1) is 0 Å². The van der Waals surface area contributed by atoms with Crippen molar-refractivity contribution in [3.63, 3.8) is 0 Å². The Morgan fingerprint density at radius 1 is 1.16 bits per heavy atom. The van der Waals surface area contributed by atoms with Gasteiger partial charge in [-0.25, -0.2) is 9.97 Å². The van der Waals surface area contributed by atoms with Crippen LogP contribution >= 0.6 is 11.6 Å². The monoisotopic (exact) mass is 441 g/mol. The van der Waals surface area contributed by atoms with Crippen molar-refractivity contribution in [1.29, 1.82) is 0 Å². The maximum atomic E-state index is 12.6. The number of aromatic amines is 1. The Labute approximate surface area is 182 Å². The van der Waals surface area contributed by atoms with Crippen LogP contribution in [0.5, 0.6) is 0 Å². The first-order valence-electron chi connectivity index (χ1n) is 9.95. The van der Waals surface area contributed by atoms with Crippen molar-refractivity contribution in [2.24, 2.45) is 0 Å². The van der Waals surface area contributed by atoms with Gasteiger partial charge in [0.05, 0.1) is 10.7 Å². The SMILES string of the molecule is O=C(CCc1nc(-c2ncn[nH]2)no1)N1CCN(Cc2cn3cc(Cl)ccc3n2)CC1. The Kier molecular flexibility index (Phi) is 5.35. The van der Waals surface area contributed by atoms with Gasteiger partial charge in [0, 0.05) is 58.0 Å². The third-order valence-electron chi connectivity index (χ3n) is 5.22. The van der Waals surface area contributed by atoms with Crippen LogP contribution in [0.1, 0.15) is 18.0 Å². The molecule has 0 radical (unpaired) electrons. The number of imidazole rings is 1. The highest BCUT2D eigenvalue weighted by Crippen LogP contribution is 2.15. The van der Waals surface area contributed by atoms with E-state index in [9.17, 15) is 4.79 Å². The molecular weight excluding hydrogens is 422 g/mol. The number of nitrogens with zero attached hydrogens (tertiary/aromatic N) is 8. The molecule has 4 aromatic rings. The highest BCUT2D eigenvalue weighted by molar-refractivity contribution is 6.30. The molecular formula is C19H20ClN9O2. The number of aromatic nitrogens is 7. The third kappa shape index (κ3) is 4.42. The molecule has 1 N–H and O–H groups in total. The summed E-state index contributed by atoms with van der Waals surface area (Å²) in [5.41, 5.74) is 1.86. The van der Waals surface area contributed by atoms with Gasteiger partial charge in [0.1, 0.15) is 12.0 Å². The summed E-state index contributed by atoms with van der Waals surface area (Å²) >= 11 is 6.04. The minimum Gasteiger partial charge on any atom is -0.340 e. The lowest BCUT2D eigenvalue weighted by Crippen LogP contribution is -2.48. The van der Waals surface area contributed by atoms with E-state index in [2.05, 4.69) is 35.2 Å². The van der Waals surface area contributed by atoms with Crippen LogP contribution in [0, 0.1) is 0 Å². The Hall–Kier alpha value is -3.31. The molecule has 1 saturated heterocycles. The fourth-order valence-electron chi connectivity index (χ4n) is 3.62. The molecule has 12 heteroatoms. The van der Waals surface area contributed by atoms with Crippen molar-refractivity contribution in [2.45, 2.75) is 19.4 Å². The lowest BCUT2D eigenvalue weighted by Gasteiger charge is -2.34. The molecule has 0 unspecified atom stereocenters. The highest BCUT2D eigenvalue weighted by atomic mass is 35.5. The molecule has 0 aliphatic carbocycles. The molecule has 1 amide bonds. The van der Waals surface area contributed by atoms with E-state index in [1.54, 1.807) is 0 Å². The first-order valence-corrected chi connectivity index (χ1v) is 10.3. The van der Waals surface area contributed by atoms with Crippen LogP contribution < -0.4 is 0 Å². The zero-order chi connectivity index (χ0) is 21.2. The van der Waals surface area contributed by atoms with Gasteiger partial charge in [0.2, 0.25) is 17.6 Å². The molecule has 160 valence electrons. The second-order valence-corrected chi connectivity index (χ2v) is 7.78. The molecule has 5 rings (SSSR count). The molecule has 31 heavy (non-hydrogen) atoms. The number of piperazine rings is 1. The summed E-state index contributed by atoms with van der Waals surface area (Å²) in [7, 11) is 0. The van der Waals surface area contributed by atoms with E-state index in [0.717, 1.165) is 31.0 Å². The Bertz CT molecular complexity index is 1180. The van der Waals surface area contributed by atoms with Gasteiger partial charge >= 0.3 is 0 Å². The van der Waals surface area contributed by atoms with E-state index in [4.69, 9.17) is 16.1 Å². The van der Waals surface area contributed by atoms with Crippen molar-refractivity contribution in [3.8, 4) is 11.6 Å². The molecule has 0 spiro atoms. The van der Waals surface area contributed by atoms with Gasteiger partial charge in [-0.1, -0.05) is 16.8 Å². The van der Waals surface area contributed by atoms with Crippen molar-refractivity contribution in [2.75, 3.05) is 26.2 Å². The predicted molar refractivity (Wildman–Crippen MR) is 110 cm³/mol. The van der Waals surface area contributed by atoms with Gasteiger partial charge in [0.15, 0.2) is 5.82 Å². The van der Waals surface area contributed by atoms with E-state index < -0.39 is 0 Å². The second kappa shape index (κ2) is 8.44. The van der Waals surface area contributed by atoms with E-state index >= 15 is 0 Å². The lowest BCUT2D eigenvalue weighted by molar-refractivity contribution is -0.133. The van der Waals surface area contributed by atoms with Crippen LogP contribution in [-0.2, 0) is 17.8 Å². The summed E-state index contributed by atoms with van der Waals surface area (Å²) in [4.78, 5) is 29.6. The first kappa shape index (κ1) is 19.6.